The average molecular weight is 335 g/mol. The number of aliphatic hydroxyl groups is 1. The molecular formula is C17H16F3N3O. The molecule has 1 aromatic heterocycles. The van der Waals surface area contributed by atoms with Crippen molar-refractivity contribution in [2.45, 2.75) is 18.9 Å². The quantitative estimate of drug-likeness (QED) is 0.905. The van der Waals surface area contributed by atoms with Crippen LogP contribution in [0.15, 0.2) is 30.6 Å². The normalized spacial score (nSPS) is 17.3. The van der Waals surface area contributed by atoms with Gasteiger partial charge in [-0.1, -0.05) is 6.08 Å². The van der Waals surface area contributed by atoms with Gasteiger partial charge in [0.25, 0.3) is 0 Å². The van der Waals surface area contributed by atoms with Gasteiger partial charge in [-0.05, 0) is 25.5 Å². The Labute approximate surface area is 137 Å². The Kier molecular flexibility index (Phi) is 4.38. The lowest BCUT2D eigenvalue weighted by Gasteiger charge is -2.25. The van der Waals surface area contributed by atoms with E-state index in [0.29, 0.717) is 18.0 Å². The van der Waals surface area contributed by atoms with Gasteiger partial charge in [0, 0.05) is 36.6 Å². The molecular weight excluding hydrogens is 319 g/mol. The van der Waals surface area contributed by atoms with Gasteiger partial charge in [-0.25, -0.2) is 23.1 Å². The van der Waals surface area contributed by atoms with Crippen molar-refractivity contribution in [2.75, 3.05) is 13.1 Å². The van der Waals surface area contributed by atoms with Crippen LogP contribution in [0.4, 0.5) is 13.2 Å². The minimum atomic E-state index is -2.02. The fraction of sp³-hybridized carbons (Fsp3) is 0.294. The lowest BCUT2D eigenvalue weighted by atomic mass is 9.89. The molecule has 2 aromatic rings. The third-order valence-corrected chi connectivity index (χ3v) is 4.06. The van der Waals surface area contributed by atoms with E-state index in [2.05, 4.69) is 15.3 Å². The van der Waals surface area contributed by atoms with Crippen LogP contribution in [0.2, 0.25) is 0 Å². The zero-order valence-electron chi connectivity index (χ0n) is 13.0. The van der Waals surface area contributed by atoms with Gasteiger partial charge >= 0.3 is 0 Å². The van der Waals surface area contributed by atoms with E-state index in [9.17, 15) is 18.3 Å². The highest BCUT2D eigenvalue weighted by Gasteiger charge is 2.33. The van der Waals surface area contributed by atoms with Gasteiger partial charge in [-0.15, -0.1) is 0 Å². The first-order valence-electron chi connectivity index (χ1n) is 7.49. The molecule has 2 heterocycles. The number of rotatable bonds is 3. The van der Waals surface area contributed by atoms with Crippen LogP contribution in [-0.2, 0) is 5.60 Å². The first-order valence-corrected chi connectivity index (χ1v) is 7.49. The Balaban J connectivity index is 1.97. The Morgan fingerprint density at radius 3 is 2.29 bits per heavy atom. The van der Waals surface area contributed by atoms with Crippen LogP contribution >= 0.6 is 0 Å². The van der Waals surface area contributed by atoms with Crippen molar-refractivity contribution < 1.29 is 18.3 Å². The van der Waals surface area contributed by atoms with Crippen LogP contribution in [0, 0.1) is 17.5 Å². The van der Waals surface area contributed by atoms with Gasteiger partial charge < -0.3 is 10.4 Å². The second-order valence-electron chi connectivity index (χ2n) is 5.80. The molecule has 3 rings (SSSR count). The topological polar surface area (TPSA) is 58.0 Å². The van der Waals surface area contributed by atoms with Crippen molar-refractivity contribution in [1.82, 2.24) is 15.3 Å². The molecule has 1 unspecified atom stereocenters. The molecule has 0 saturated heterocycles. The lowest BCUT2D eigenvalue weighted by molar-refractivity contribution is 0.0923. The van der Waals surface area contributed by atoms with Crippen molar-refractivity contribution in [2.24, 2.45) is 0 Å². The van der Waals surface area contributed by atoms with Crippen LogP contribution in [0.25, 0.3) is 5.57 Å². The predicted molar refractivity (Wildman–Crippen MR) is 82.5 cm³/mol. The van der Waals surface area contributed by atoms with Crippen LogP contribution in [0.5, 0.6) is 0 Å². The highest BCUT2D eigenvalue weighted by atomic mass is 19.1. The van der Waals surface area contributed by atoms with Gasteiger partial charge in [0.2, 0.25) is 0 Å². The monoisotopic (exact) mass is 335 g/mol. The summed E-state index contributed by atoms with van der Waals surface area (Å²) in [5, 5.41) is 13.8. The van der Waals surface area contributed by atoms with E-state index < -0.39 is 28.6 Å². The molecule has 0 spiro atoms. The second-order valence-corrected chi connectivity index (χ2v) is 5.80. The standard InChI is InChI=1S/C17H16F3N3O/c1-17(24,15-13(19)6-12(18)7-14(15)20)11-8-22-16(23-9-11)10-2-4-21-5-3-10/h2,6-9,21,24H,3-5H2,1H3. The summed E-state index contributed by atoms with van der Waals surface area (Å²) in [5.74, 6) is -2.87. The molecule has 2 N–H and O–H groups in total. The van der Waals surface area contributed by atoms with Crippen LogP contribution in [0.1, 0.15) is 30.3 Å². The first kappa shape index (κ1) is 16.6. The number of nitrogens with one attached hydrogen (secondary N) is 1. The number of halogens is 3. The summed E-state index contributed by atoms with van der Waals surface area (Å²) in [5.41, 5.74) is -1.58. The highest BCUT2D eigenvalue weighted by Crippen LogP contribution is 2.33. The zero-order chi connectivity index (χ0) is 17.3. The molecule has 1 aromatic carbocycles. The lowest BCUT2D eigenvalue weighted by Crippen LogP contribution is -2.27. The predicted octanol–water partition coefficient (Wildman–Crippen LogP) is 2.53. The molecule has 4 nitrogen and oxygen atoms in total. The summed E-state index contributed by atoms with van der Waals surface area (Å²) in [6.45, 7) is 2.76. The summed E-state index contributed by atoms with van der Waals surface area (Å²) in [7, 11) is 0. The SMILES string of the molecule is CC(O)(c1cnc(C2=CCNCC2)nc1)c1c(F)cc(F)cc1F. The number of benzene rings is 1. The van der Waals surface area contributed by atoms with Crippen molar-refractivity contribution in [3.05, 3.63) is 65.0 Å². The third kappa shape index (κ3) is 3.05. The molecule has 1 aliphatic rings. The molecule has 1 aliphatic heterocycles. The fourth-order valence-electron chi connectivity index (χ4n) is 2.72. The van der Waals surface area contributed by atoms with E-state index in [0.717, 1.165) is 25.1 Å². The largest absolute Gasteiger partial charge is 0.380 e. The van der Waals surface area contributed by atoms with E-state index in [-0.39, 0.29) is 5.56 Å². The number of nitrogens with zero attached hydrogens (tertiary/aromatic N) is 2. The number of aromatic nitrogens is 2. The number of hydrogen-bond acceptors (Lipinski definition) is 4. The molecule has 0 amide bonds. The zero-order valence-corrected chi connectivity index (χ0v) is 13.0. The number of hydrogen-bond donors (Lipinski definition) is 2. The highest BCUT2D eigenvalue weighted by molar-refractivity contribution is 5.60. The Hall–Kier alpha value is -2.25. The molecule has 126 valence electrons. The Morgan fingerprint density at radius 1 is 1.12 bits per heavy atom. The van der Waals surface area contributed by atoms with Gasteiger partial charge in [0.1, 0.15) is 23.1 Å². The van der Waals surface area contributed by atoms with Gasteiger partial charge in [-0.3, -0.25) is 0 Å². The summed E-state index contributed by atoms with van der Waals surface area (Å²) >= 11 is 0. The molecule has 24 heavy (non-hydrogen) atoms. The Morgan fingerprint density at radius 2 is 1.75 bits per heavy atom. The van der Waals surface area contributed by atoms with E-state index in [1.807, 2.05) is 6.08 Å². The maximum absolute atomic E-state index is 14.0. The van der Waals surface area contributed by atoms with E-state index in [1.165, 1.54) is 19.3 Å². The maximum atomic E-state index is 14.0. The van der Waals surface area contributed by atoms with Gasteiger partial charge in [0.15, 0.2) is 5.82 Å². The van der Waals surface area contributed by atoms with Crippen molar-refractivity contribution in [1.29, 1.82) is 0 Å². The second kappa shape index (κ2) is 6.33. The molecule has 0 saturated carbocycles. The average Bonchev–Trinajstić information content (AvgIpc) is 2.54. The maximum Gasteiger partial charge on any atom is 0.154 e. The van der Waals surface area contributed by atoms with Crippen molar-refractivity contribution in [3.63, 3.8) is 0 Å². The summed E-state index contributed by atoms with van der Waals surface area (Å²) < 4.78 is 41.0. The van der Waals surface area contributed by atoms with E-state index in [1.54, 1.807) is 0 Å². The summed E-state index contributed by atoms with van der Waals surface area (Å²) in [4.78, 5) is 8.37. The van der Waals surface area contributed by atoms with E-state index >= 15 is 0 Å². The van der Waals surface area contributed by atoms with Gasteiger partial charge in [0.05, 0.1) is 5.56 Å². The molecule has 0 radical (unpaired) electrons. The third-order valence-electron chi connectivity index (χ3n) is 4.06. The minimum absolute atomic E-state index is 0.116. The molecule has 7 heteroatoms. The Bertz CT molecular complexity index is 765. The van der Waals surface area contributed by atoms with E-state index in [4.69, 9.17) is 0 Å². The van der Waals surface area contributed by atoms with Gasteiger partial charge in [-0.2, -0.15) is 0 Å². The molecule has 1 atom stereocenters. The summed E-state index contributed by atoms with van der Waals surface area (Å²) in [6.07, 6.45) is 5.40. The van der Waals surface area contributed by atoms with Crippen LogP contribution in [-0.4, -0.2) is 28.2 Å². The van der Waals surface area contributed by atoms with Crippen LogP contribution < -0.4 is 5.32 Å². The fourth-order valence-corrected chi connectivity index (χ4v) is 2.72. The van der Waals surface area contributed by atoms with Crippen LogP contribution in [0.3, 0.4) is 0 Å². The first-order chi connectivity index (χ1) is 11.4. The van der Waals surface area contributed by atoms with Crippen molar-refractivity contribution in [3.8, 4) is 0 Å². The molecule has 0 aliphatic carbocycles. The summed E-state index contributed by atoms with van der Waals surface area (Å²) in [6, 6.07) is 1.06. The smallest absolute Gasteiger partial charge is 0.154 e. The minimum Gasteiger partial charge on any atom is -0.380 e. The molecule has 0 bridgehead atoms. The molecule has 0 fully saturated rings. The van der Waals surface area contributed by atoms with Crippen molar-refractivity contribution >= 4 is 5.57 Å².